The highest BCUT2D eigenvalue weighted by Crippen LogP contribution is 2.32. The van der Waals surface area contributed by atoms with E-state index in [0.717, 1.165) is 34.4 Å². The number of aryl methyl sites for hydroxylation is 3. The zero-order chi connectivity index (χ0) is 24.1. The van der Waals surface area contributed by atoms with Gasteiger partial charge in [-0.3, -0.25) is 10.2 Å². The third kappa shape index (κ3) is 3.60. The van der Waals surface area contributed by atoms with Crippen molar-refractivity contribution >= 4 is 39.8 Å². The smallest absolute Gasteiger partial charge is 0.283 e. The molecule has 0 saturated carbocycles. The van der Waals surface area contributed by atoms with Crippen LogP contribution in [0, 0.1) is 38.9 Å². The van der Waals surface area contributed by atoms with E-state index in [4.69, 9.17) is 5.41 Å². The Hall–Kier alpha value is -3.78. The van der Waals surface area contributed by atoms with Gasteiger partial charge in [-0.1, -0.05) is 18.2 Å². The second-order valence-corrected chi connectivity index (χ2v) is 9.29. The Balaban J connectivity index is 1.52. The van der Waals surface area contributed by atoms with E-state index in [2.05, 4.69) is 46.7 Å². The number of hydrogen-bond donors (Lipinski definition) is 1. The number of hydrazone groups is 1. The topological polar surface area (TPSA) is 73.8 Å². The quantitative estimate of drug-likeness (QED) is 0.512. The van der Waals surface area contributed by atoms with Gasteiger partial charge in [0.25, 0.3) is 5.91 Å². The van der Waals surface area contributed by atoms with Crippen LogP contribution >= 0.6 is 11.8 Å². The molecule has 170 valence electrons. The molecule has 0 atom stereocenters. The molecule has 1 aromatic heterocycles. The highest BCUT2D eigenvalue weighted by molar-refractivity contribution is 8.27. The average molecular weight is 472 g/mol. The van der Waals surface area contributed by atoms with E-state index in [1.54, 1.807) is 24.3 Å². The summed E-state index contributed by atoms with van der Waals surface area (Å²) in [5.41, 5.74) is 6.72. The molecule has 6 nitrogen and oxygen atoms in total. The first-order valence-corrected chi connectivity index (χ1v) is 11.6. The van der Waals surface area contributed by atoms with Gasteiger partial charge in [-0.15, -0.1) is 0 Å². The number of amides is 1. The van der Waals surface area contributed by atoms with Crippen LogP contribution in [0.5, 0.6) is 0 Å². The van der Waals surface area contributed by atoms with Crippen molar-refractivity contribution in [1.82, 2.24) is 9.58 Å². The van der Waals surface area contributed by atoms with Gasteiger partial charge in [0.15, 0.2) is 5.84 Å². The molecule has 3 aromatic rings. The Morgan fingerprint density at radius 2 is 1.79 bits per heavy atom. The van der Waals surface area contributed by atoms with Crippen LogP contribution in [0.15, 0.2) is 64.2 Å². The summed E-state index contributed by atoms with van der Waals surface area (Å²) in [5, 5.41) is 14.9. The maximum Gasteiger partial charge on any atom is 0.283 e. The van der Waals surface area contributed by atoms with Gasteiger partial charge in [0.1, 0.15) is 10.9 Å². The van der Waals surface area contributed by atoms with Crippen LogP contribution < -0.4 is 0 Å². The summed E-state index contributed by atoms with van der Waals surface area (Å²) in [5.74, 6) is -1.00. The third-order valence-electron chi connectivity index (χ3n) is 6.08. The SMILES string of the molecule is Cc1ccc(-n2c(C)cc(/C=C3\C(=N)N4N=C(c5ccccc5F)SC4=NC3=O)c2C)cc1C. The zero-order valence-electron chi connectivity index (χ0n) is 19.2. The molecule has 0 aliphatic carbocycles. The number of hydrogen-bond acceptors (Lipinski definition) is 4. The monoisotopic (exact) mass is 471 g/mol. The van der Waals surface area contributed by atoms with Crippen molar-refractivity contribution in [2.45, 2.75) is 27.7 Å². The number of nitrogens with one attached hydrogen (secondary N) is 1. The van der Waals surface area contributed by atoms with E-state index in [1.807, 2.05) is 19.9 Å². The van der Waals surface area contributed by atoms with Crippen LogP contribution in [-0.4, -0.2) is 31.5 Å². The Kier molecular flexibility index (Phi) is 5.32. The van der Waals surface area contributed by atoms with E-state index in [-0.39, 0.29) is 16.6 Å². The fourth-order valence-corrected chi connectivity index (χ4v) is 5.00. The minimum absolute atomic E-state index is 0.0789. The number of amidine groups is 2. The molecule has 0 unspecified atom stereocenters. The van der Waals surface area contributed by atoms with Gasteiger partial charge in [0.05, 0.1) is 5.57 Å². The van der Waals surface area contributed by atoms with Crippen LogP contribution in [0.25, 0.3) is 11.8 Å². The van der Waals surface area contributed by atoms with E-state index in [1.165, 1.54) is 22.2 Å². The first-order chi connectivity index (χ1) is 16.2. The van der Waals surface area contributed by atoms with Gasteiger partial charge in [-0.25, -0.2) is 4.39 Å². The Morgan fingerprint density at radius 1 is 1.03 bits per heavy atom. The van der Waals surface area contributed by atoms with Crippen LogP contribution in [-0.2, 0) is 4.79 Å². The molecule has 0 spiro atoms. The van der Waals surface area contributed by atoms with Gasteiger partial charge in [-0.2, -0.15) is 15.1 Å². The summed E-state index contributed by atoms with van der Waals surface area (Å²) in [6.45, 7) is 8.16. The molecule has 0 bridgehead atoms. The number of benzene rings is 2. The van der Waals surface area contributed by atoms with Gasteiger partial charge < -0.3 is 4.57 Å². The minimum Gasteiger partial charge on any atom is -0.318 e. The maximum absolute atomic E-state index is 14.2. The van der Waals surface area contributed by atoms with Crippen molar-refractivity contribution in [3.63, 3.8) is 0 Å². The molecule has 2 aliphatic heterocycles. The van der Waals surface area contributed by atoms with Crippen LogP contribution in [0.4, 0.5) is 4.39 Å². The van der Waals surface area contributed by atoms with Gasteiger partial charge in [-0.05, 0) is 92.6 Å². The molecule has 2 aliphatic rings. The first-order valence-electron chi connectivity index (χ1n) is 10.8. The van der Waals surface area contributed by atoms with E-state index < -0.39 is 11.7 Å². The fourth-order valence-electron chi connectivity index (χ4n) is 4.09. The minimum atomic E-state index is -0.510. The lowest BCUT2D eigenvalue weighted by molar-refractivity contribution is -0.114. The molecule has 0 fully saturated rings. The normalized spacial score (nSPS) is 16.7. The summed E-state index contributed by atoms with van der Waals surface area (Å²) >= 11 is 1.08. The molecule has 5 rings (SSSR count). The van der Waals surface area contributed by atoms with Crippen molar-refractivity contribution in [2.24, 2.45) is 10.1 Å². The molecule has 2 aromatic carbocycles. The fraction of sp³-hybridized carbons (Fsp3) is 0.154. The van der Waals surface area contributed by atoms with Crippen molar-refractivity contribution < 1.29 is 9.18 Å². The van der Waals surface area contributed by atoms with E-state index in [9.17, 15) is 9.18 Å². The highest BCUT2D eigenvalue weighted by Gasteiger charge is 2.36. The van der Waals surface area contributed by atoms with Crippen molar-refractivity contribution in [3.8, 4) is 5.69 Å². The van der Waals surface area contributed by atoms with Crippen molar-refractivity contribution in [2.75, 3.05) is 0 Å². The van der Waals surface area contributed by atoms with Crippen molar-refractivity contribution in [3.05, 3.63) is 93.6 Å². The number of aromatic nitrogens is 1. The molecular formula is C26H22FN5OS. The number of carbonyl (C=O) groups is 1. The van der Waals surface area contributed by atoms with Crippen molar-refractivity contribution in [1.29, 1.82) is 5.41 Å². The molecule has 3 heterocycles. The molecule has 1 amide bonds. The van der Waals surface area contributed by atoms with Gasteiger partial charge in [0, 0.05) is 22.6 Å². The molecule has 8 heteroatoms. The number of rotatable bonds is 3. The average Bonchev–Trinajstić information content (AvgIpc) is 3.34. The molecule has 34 heavy (non-hydrogen) atoms. The summed E-state index contributed by atoms with van der Waals surface area (Å²) in [6, 6.07) is 14.6. The lowest BCUT2D eigenvalue weighted by Crippen LogP contribution is -2.35. The summed E-state index contributed by atoms with van der Waals surface area (Å²) in [4.78, 5) is 17.0. The number of halogens is 1. The third-order valence-corrected chi connectivity index (χ3v) is 7.02. The Labute approximate surface area is 201 Å². The number of nitrogens with zero attached hydrogens (tertiary/aromatic N) is 4. The lowest BCUT2D eigenvalue weighted by Gasteiger charge is -2.20. The second kappa shape index (κ2) is 8.22. The van der Waals surface area contributed by atoms with Crippen LogP contribution in [0.2, 0.25) is 0 Å². The lowest BCUT2D eigenvalue weighted by atomic mass is 10.1. The van der Waals surface area contributed by atoms with Gasteiger partial charge in [0.2, 0.25) is 5.17 Å². The summed E-state index contributed by atoms with van der Waals surface area (Å²) in [7, 11) is 0. The maximum atomic E-state index is 14.2. The predicted octanol–water partition coefficient (Wildman–Crippen LogP) is 5.52. The summed E-state index contributed by atoms with van der Waals surface area (Å²) in [6.07, 6.45) is 1.69. The van der Waals surface area contributed by atoms with Crippen LogP contribution in [0.1, 0.15) is 33.6 Å². The molecular weight excluding hydrogens is 449 g/mol. The molecule has 1 N–H and O–H groups in total. The van der Waals surface area contributed by atoms with Gasteiger partial charge >= 0.3 is 0 Å². The van der Waals surface area contributed by atoms with Crippen LogP contribution in [0.3, 0.4) is 0 Å². The predicted molar refractivity (Wildman–Crippen MR) is 135 cm³/mol. The number of aliphatic imine (C=N–C) groups is 1. The first kappa shape index (κ1) is 22.0. The number of fused-ring (bicyclic) bond motifs is 1. The number of carbonyl (C=O) groups excluding carboxylic acids is 1. The Morgan fingerprint density at radius 3 is 2.53 bits per heavy atom. The summed E-state index contributed by atoms with van der Waals surface area (Å²) < 4.78 is 16.4. The van der Waals surface area contributed by atoms with E-state index in [0.29, 0.717) is 10.6 Å². The molecule has 0 saturated heterocycles. The zero-order valence-corrected chi connectivity index (χ0v) is 20.0. The number of thioether (sulfide) groups is 1. The largest absolute Gasteiger partial charge is 0.318 e. The Bertz CT molecular complexity index is 1480. The van der Waals surface area contributed by atoms with E-state index >= 15 is 0 Å². The highest BCUT2D eigenvalue weighted by atomic mass is 32.2. The molecule has 0 radical (unpaired) electrons. The second-order valence-electron chi connectivity index (χ2n) is 8.34. The standard InChI is InChI=1S/C26H22FN5OS/c1-14-9-10-19(11-15(14)2)31-16(3)12-18(17(31)4)13-21-23(28)32-26(29-24(21)33)34-25(30-32)20-7-5-6-8-22(20)27/h5-13,28H,1-4H3/b21-13+,28-23?.